The zero-order valence-electron chi connectivity index (χ0n) is 16.5. The van der Waals surface area contributed by atoms with Crippen LogP contribution in [0.4, 0.5) is 5.82 Å². The summed E-state index contributed by atoms with van der Waals surface area (Å²) in [6, 6.07) is 11.9. The van der Waals surface area contributed by atoms with Crippen LogP contribution in [0.25, 0.3) is 5.65 Å². The Morgan fingerprint density at radius 2 is 2.03 bits per heavy atom. The SMILES string of the molecule is O=C(CN1CCC(c2nnc3ccccn23)CC1)Nc1ccnn1Cc1cccs1. The summed E-state index contributed by atoms with van der Waals surface area (Å²) in [7, 11) is 0. The second kappa shape index (κ2) is 8.37. The number of carbonyl (C=O) groups is 1. The molecular weight excluding hydrogens is 398 g/mol. The van der Waals surface area contributed by atoms with Gasteiger partial charge in [-0.1, -0.05) is 12.1 Å². The van der Waals surface area contributed by atoms with Gasteiger partial charge >= 0.3 is 0 Å². The minimum Gasteiger partial charge on any atom is -0.310 e. The summed E-state index contributed by atoms with van der Waals surface area (Å²) < 4.78 is 3.90. The van der Waals surface area contributed by atoms with Gasteiger partial charge in [0, 0.05) is 23.1 Å². The second-order valence-corrected chi connectivity index (χ2v) is 8.57. The summed E-state index contributed by atoms with van der Waals surface area (Å²) in [4.78, 5) is 16.0. The molecule has 0 aliphatic carbocycles. The summed E-state index contributed by atoms with van der Waals surface area (Å²) in [5.74, 6) is 2.12. The molecule has 9 heteroatoms. The lowest BCUT2D eigenvalue weighted by atomic mass is 9.96. The van der Waals surface area contributed by atoms with Gasteiger partial charge in [0.05, 0.1) is 19.3 Å². The number of carbonyl (C=O) groups excluding carboxylic acids is 1. The number of likely N-dealkylation sites (tertiary alicyclic amines) is 1. The number of hydrogen-bond acceptors (Lipinski definition) is 6. The van der Waals surface area contributed by atoms with Gasteiger partial charge in [0.15, 0.2) is 5.65 Å². The van der Waals surface area contributed by atoms with Crippen LogP contribution in [0.1, 0.15) is 29.5 Å². The molecule has 4 aromatic heterocycles. The van der Waals surface area contributed by atoms with Crippen molar-refractivity contribution in [3.05, 3.63) is 64.9 Å². The van der Waals surface area contributed by atoms with E-state index in [-0.39, 0.29) is 5.91 Å². The lowest BCUT2D eigenvalue weighted by Gasteiger charge is -2.30. The van der Waals surface area contributed by atoms with Gasteiger partial charge in [0.2, 0.25) is 5.91 Å². The molecule has 1 aliphatic rings. The fourth-order valence-electron chi connectivity index (χ4n) is 3.99. The Morgan fingerprint density at radius 3 is 2.87 bits per heavy atom. The van der Waals surface area contributed by atoms with E-state index in [9.17, 15) is 4.79 Å². The van der Waals surface area contributed by atoms with Gasteiger partial charge < -0.3 is 5.32 Å². The van der Waals surface area contributed by atoms with Crippen molar-refractivity contribution in [1.82, 2.24) is 29.3 Å². The summed E-state index contributed by atoms with van der Waals surface area (Å²) in [6.45, 7) is 2.79. The fraction of sp³-hybridized carbons (Fsp3) is 0.333. The Labute approximate surface area is 178 Å². The minimum absolute atomic E-state index is 0.00527. The number of rotatable bonds is 6. The molecule has 4 aromatic rings. The Morgan fingerprint density at radius 1 is 1.13 bits per heavy atom. The maximum Gasteiger partial charge on any atom is 0.239 e. The smallest absolute Gasteiger partial charge is 0.239 e. The predicted octanol–water partition coefficient (Wildman–Crippen LogP) is 2.85. The maximum atomic E-state index is 12.6. The highest BCUT2D eigenvalue weighted by Crippen LogP contribution is 2.27. The Kier molecular flexibility index (Phi) is 5.29. The Bertz CT molecular complexity index is 1130. The monoisotopic (exact) mass is 421 g/mol. The van der Waals surface area contributed by atoms with Gasteiger partial charge in [-0.25, -0.2) is 4.68 Å². The van der Waals surface area contributed by atoms with E-state index < -0.39 is 0 Å². The maximum absolute atomic E-state index is 12.6. The number of hydrogen-bond donors (Lipinski definition) is 1. The molecule has 0 aromatic carbocycles. The molecule has 1 amide bonds. The van der Waals surface area contributed by atoms with Crippen LogP contribution < -0.4 is 5.32 Å². The van der Waals surface area contributed by atoms with Crippen molar-refractivity contribution in [2.24, 2.45) is 0 Å². The average Bonchev–Trinajstić information content (AvgIpc) is 3.51. The van der Waals surface area contributed by atoms with Crippen molar-refractivity contribution in [3.63, 3.8) is 0 Å². The lowest BCUT2D eigenvalue weighted by Crippen LogP contribution is -2.39. The highest BCUT2D eigenvalue weighted by atomic mass is 32.1. The third kappa shape index (κ3) is 3.99. The van der Waals surface area contributed by atoms with Crippen LogP contribution in [0.3, 0.4) is 0 Å². The van der Waals surface area contributed by atoms with E-state index in [4.69, 9.17) is 0 Å². The van der Waals surface area contributed by atoms with E-state index in [1.807, 2.05) is 46.6 Å². The first kappa shape index (κ1) is 19.0. The van der Waals surface area contributed by atoms with Gasteiger partial charge in [-0.05, 0) is 49.5 Å². The van der Waals surface area contributed by atoms with E-state index in [0.29, 0.717) is 19.0 Å². The summed E-state index contributed by atoms with van der Waals surface area (Å²) in [5, 5.41) is 18.1. The molecule has 1 N–H and O–H groups in total. The summed E-state index contributed by atoms with van der Waals surface area (Å²) >= 11 is 1.68. The van der Waals surface area contributed by atoms with Gasteiger partial charge in [-0.2, -0.15) is 5.10 Å². The van der Waals surface area contributed by atoms with Crippen molar-refractivity contribution in [3.8, 4) is 0 Å². The second-order valence-electron chi connectivity index (χ2n) is 7.54. The van der Waals surface area contributed by atoms with E-state index in [1.165, 1.54) is 4.88 Å². The van der Waals surface area contributed by atoms with Crippen LogP contribution in [0.2, 0.25) is 0 Å². The molecule has 154 valence electrons. The molecule has 8 nitrogen and oxygen atoms in total. The first-order valence-corrected chi connectivity index (χ1v) is 11.0. The minimum atomic E-state index is -0.00527. The molecule has 5 heterocycles. The van der Waals surface area contributed by atoms with Gasteiger partial charge in [-0.15, -0.1) is 21.5 Å². The first-order chi connectivity index (χ1) is 14.8. The van der Waals surface area contributed by atoms with Crippen LogP contribution in [0.5, 0.6) is 0 Å². The summed E-state index contributed by atoms with van der Waals surface area (Å²) in [5.41, 5.74) is 0.883. The molecule has 0 unspecified atom stereocenters. The molecule has 0 bridgehead atoms. The number of pyridine rings is 1. The molecular formula is C21H23N7OS. The number of thiophene rings is 1. The largest absolute Gasteiger partial charge is 0.310 e. The lowest BCUT2D eigenvalue weighted by molar-refractivity contribution is -0.117. The van der Waals surface area contributed by atoms with Gasteiger partial charge in [-0.3, -0.25) is 14.1 Å². The van der Waals surface area contributed by atoms with Crippen molar-refractivity contribution in [1.29, 1.82) is 0 Å². The number of aromatic nitrogens is 5. The third-order valence-corrected chi connectivity index (χ3v) is 6.39. The fourth-order valence-corrected chi connectivity index (χ4v) is 4.67. The molecule has 0 spiro atoms. The van der Waals surface area contributed by atoms with Crippen molar-refractivity contribution in [2.45, 2.75) is 25.3 Å². The number of amides is 1. The zero-order chi connectivity index (χ0) is 20.3. The molecule has 0 radical (unpaired) electrons. The highest BCUT2D eigenvalue weighted by Gasteiger charge is 2.25. The molecule has 0 saturated carbocycles. The van der Waals surface area contributed by atoms with Gasteiger partial charge in [0.25, 0.3) is 0 Å². The zero-order valence-corrected chi connectivity index (χ0v) is 17.3. The first-order valence-electron chi connectivity index (χ1n) is 10.1. The predicted molar refractivity (Wildman–Crippen MR) is 116 cm³/mol. The topological polar surface area (TPSA) is 80.3 Å². The van der Waals surface area contributed by atoms with Crippen molar-refractivity contribution in [2.75, 3.05) is 25.0 Å². The molecule has 1 saturated heterocycles. The number of anilines is 1. The van der Waals surface area contributed by atoms with Crippen molar-refractivity contribution < 1.29 is 4.79 Å². The standard InChI is InChI=1S/C21H23N7OS/c29-20(23-18-6-9-22-28(18)14-17-4-3-13-30-17)15-26-11-7-16(8-12-26)21-25-24-19-5-1-2-10-27(19)21/h1-6,9-10,13,16H,7-8,11-12,14-15H2,(H,23,29). The van der Waals surface area contributed by atoms with Crippen LogP contribution >= 0.6 is 11.3 Å². The number of nitrogens with zero attached hydrogens (tertiary/aromatic N) is 6. The van der Waals surface area contributed by atoms with Crippen LogP contribution in [-0.4, -0.2) is 54.8 Å². The van der Waals surface area contributed by atoms with E-state index in [1.54, 1.807) is 17.5 Å². The highest BCUT2D eigenvalue weighted by molar-refractivity contribution is 7.09. The number of fused-ring (bicyclic) bond motifs is 1. The normalized spacial score (nSPS) is 15.6. The third-order valence-electron chi connectivity index (χ3n) is 5.53. The molecule has 0 atom stereocenters. The molecule has 5 rings (SSSR count). The van der Waals surface area contributed by atoms with Crippen LogP contribution in [0.15, 0.2) is 54.2 Å². The molecule has 30 heavy (non-hydrogen) atoms. The number of piperidine rings is 1. The number of nitrogens with one attached hydrogen (secondary N) is 1. The summed E-state index contributed by atoms with van der Waals surface area (Å²) in [6.07, 6.45) is 5.68. The molecule has 1 aliphatic heterocycles. The van der Waals surface area contributed by atoms with Crippen LogP contribution in [-0.2, 0) is 11.3 Å². The molecule has 1 fully saturated rings. The Balaban J connectivity index is 1.15. The Hall–Kier alpha value is -3.04. The van der Waals surface area contributed by atoms with E-state index in [2.05, 4.69) is 36.0 Å². The van der Waals surface area contributed by atoms with Gasteiger partial charge in [0.1, 0.15) is 11.6 Å². The van der Waals surface area contributed by atoms with E-state index >= 15 is 0 Å². The van der Waals surface area contributed by atoms with Crippen molar-refractivity contribution >= 4 is 28.7 Å². The van der Waals surface area contributed by atoms with Crippen LogP contribution in [0, 0.1) is 0 Å². The van der Waals surface area contributed by atoms with E-state index in [0.717, 1.165) is 43.2 Å². The quantitative estimate of drug-likeness (QED) is 0.518. The average molecular weight is 422 g/mol.